The molecule has 0 aliphatic carbocycles. The van der Waals surface area contributed by atoms with Crippen molar-refractivity contribution < 1.29 is 13.2 Å². The van der Waals surface area contributed by atoms with Gasteiger partial charge >= 0.3 is 0 Å². The number of guanidine groups is 1. The van der Waals surface area contributed by atoms with E-state index in [0.29, 0.717) is 10.8 Å². The second-order valence-corrected chi connectivity index (χ2v) is 8.63. The molecule has 27 heavy (non-hydrogen) atoms. The molecular formula is C19H34IN3O3S. The lowest BCUT2D eigenvalue weighted by molar-refractivity contribution is 0.0258. The molecule has 6 nitrogen and oxygen atoms in total. The summed E-state index contributed by atoms with van der Waals surface area (Å²) in [6.45, 7) is 8.60. The molecule has 1 aromatic rings. The van der Waals surface area contributed by atoms with Crippen molar-refractivity contribution in [2.45, 2.75) is 44.6 Å². The van der Waals surface area contributed by atoms with Gasteiger partial charge in [0, 0.05) is 33.0 Å². The molecular weight excluding hydrogens is 477 g/mol. The van der Waals surface area contributed by atoms with Crippen molar-refractivity contribution in [3.8, 4) is 0 Å². The van der Waals surface area contributed by atoms with Crippen molar-refractivity contribution in [3.05, 3.63) is 29.8 Å². The Bertz CT molecular complexity index is 661. The summed E-state index contributed by atoms with van der Waals surface area (Å²) >= 11 is 0. The van der Waals surface area contributed by atoms with E-state index < -0.39 is 9.84 Å². The van der Waals surface area contributed by atoms with Crippen LogP contribution >= 0.6 is 24.0 Å². The average molecular weight is 511 g/mol. The van der Waals surface area contributed by atoms with Crippen molar-refractivity contribution in [1.29, 1.82) is 0 Å². The fourth-order valence-corrected chi connectivity index (χ4v) is 3.24. The van der Waals surface area contributed by atoms with E-state index in [1.807, 2.05) is 19.1 Å². The van der Waals surface area contributed by atoms with Gasteiger partial charge < -0.3 is 15.4 Å². The van der Waals surface area contributed by atoms with Crippen LogP contribution in [0.4, 0.5) is 0 Å². The molecule has 1 unspecified atom stereocenters. The first-order valence-electron chi connectivity index (χ1n) is 9.13. The van der Waals surface area contributed by atoms with Gasteiger partial charge in [-0.3, -0.25) is 4.99 Å². The first-order chi connectivity index (χ1) is 12.3. The molecule has 1 aromatic carbocycles. The van der Waals surface area contributed by atoms with Gasteiger partial charge in [0.2, 0.25) is 0 Å². The maximum atomic E-state index is 11.5. The molecule has 0 saturated heterocycles. The van der Waals surface area contributed by atoms with Crippen LogP contribution in [-0.2, 0) is 21.0 Å². The Morgan fingerprint density at radius 2 is 1.74 bits per heavy atom. The van der Waals surface area contributed by atoms with Crippen molar-refractivity contribution in [2.24, 2.45) is 10.9 Å². The number of nitrogens with zero attached hydrogens (tertiary/aromatic N) is 1. The fraction of sp³-hybridized carbons (Fsp3) is 0.632. The molecule has 1 rings (SSSR count). The highest BCUT2D eigenvalue weighted by Crippen LogP contribution is 2.11. The Hall–Kier alpha value is -0.870. The van der Waals surface area contributed by atoms with Gasteiger partial charge in [-0.15, -0.1) is 24.0 Å². The van der Waals surface area contributed by atoms with E-state index in [4.69, 9.17) is 4.74 Å². The number of aliphatic imine (C=N–C) groups is 1. The minimum absolute atomic E-state index is 0. The molecule has 0 spiro atoms. The second-order valence-electron chi connectivity index (χ2n) is 6.62. The van der Waals surface area contributed by atoms with Crippen LogP contribution in [0.5, 0.6) is 0 Å². The van der Waals surface area contributed by atoms with Gasteiger partial charge in [-0.1, -0.05) is 26.0 Å². The molecule has 0 amide bonds. The predicted molar refractivity (Wildman–Crippen MR) is 123 cm³/mol. The zero-order valence-corrected chi connectivity index (χ0v) is 20.1. The number of rotatable bonds is 10. The van der Waals surface area contributed by atoms with Gasteiger partial charge in [-0.25, -0.2) is 8.42 Å². The van der Waals surface area contributed by atoms with Crippen LogP contribution in [0.25, 0.3) is 0 Å². The van der Waals surface area contributed by atoms with Crippen LogP contribution in [-0.4, -0.2) is 53.5 Å². The Morgan fingerprint density at radius 3 is 2.22 bits per heavy atom. The number of ether oxygens (including phenoxy) is 1. The summed E-state index contributed by atoms with van der Waals surface area (Å²) in [7, 11) is -1.39. The molecule has 0 aliphatic rings. The Morgan fingerprint density at radius 1 is 1.15 bits per heavy atom. The maximum absolute atomic E-state index is 11.5. The second kappa shape index (κ2) is 13.3. The molecule has 0 heterocycles. The largest absolute Gasteiger partial charge is 0.378 e. The van der Waals surface area contributed by atoms with E-state index in [0.717, 1.165) is 44.1 Å². The molecule has 0 fully saturated rings. The van der Waals surface area contributed by atoms with Crippen LogP contribution in [0.1, 0.15) is 32.8 Å². The number of sulfone groups is 1. The molecule has 0 radical (unpaired) electrons. The normalized spacial score (nSPS) is 13.2. The van der Waals surface area contributed by atoms with Crippen molar-refractivity contribution >= 4 is 39.8 Å². The molecule has 0 aromatic heterocycles. The van der Waals surface area contributed by atoms with Gasteiger partial charge in [0.1, 0.15) is 0 Å². The topological polar surface area (TPSA) is 79.8 Å². The van der Waals surface area contributed by atoms with Gasteiger partial charge in [0.05, 0.1) is 11.0 Å². The fourth-order valence-electron chi connectivity index (χ4n) is 2.61. The molecule has 0 bridgehead atoms. The van der Waals surface area contributed by atoms with E-state index in [1.54, 1.807) is 19.2 Å². The SMILES string of the molecule is CCOC(CCNC(=NC)NCCc1ccc(S(C)(=O)=O)cc1)C(C)C.I. The van der Waals surface area contributed by atoms with E-state index in [9.17, 15) is 8.42 Å². The number of halogens is 1. The minimum atomic E-state index is -3.14. The number of nitrogens with one attached hydrogen (secondary N) is 2. The first kappa shape index (κ1) is 26.1. The Kier molecular flexibility index (Phi) is 12.9. The molecule has 8 heteroatoms. The number of hydrogen-bond donors (Lipinski definition) is 2. The summed E-state index contributed by atoms with van der Waals surface area (Å²) in [5.74, 6) is 1.25. The molecule has 0 aliphatic heterocycles. The predicted octanol–water partition coefficient (Wildman–Crippen LogP) is 2.87. The highest BCUT2D eigenvalue weighted by atomic mass is 127. The summed E-state index contributed by atoms with van der Waals surface area (Å²) in [5, 5.41) is 6.59. The monoisotopic (exact) mass is 511 g/mol. The van der Waals surface area contributed by atoms with Crippen molar-refractivity contribution in [3.63, 3.8) is 0 Å². The summed E-state index contributed by atoms with van der Waals surface area (Å²) in [5.41, 5.74) is 1.08. The van der Waals surface area contributed by atoms with Crippen LogP contribution in [0.15, 0.2) is 34.2 Å². The highest BCUT2D eigenvalue weighted by Gasteiger charge is 2.13. The lowest BCUT2D eigenvalue weighted by atomic mass is 10.0. The van der Waals surface area contributed by atoms with Crippen molar-refractivity contribution in [2.75, 3.05) is 33.0 Å². The van der Waals surface area contributed by atoms with Gasteiger partial charge in [-0.05, 0) is 43.4 Å². The van der Waals surface area contributed by atoms with Gasteiger partial charge in [-0.2, -0.15) is 0 Å². The Labute approximate surface area is 181 Å². The highest BCUT2D eigenvalue weighted by molar-refractivity contribution is 14.0. The van der Waals surface area contributed by atoms with E-state index in [2.05, 4.69) is 29.5 Å². The third kappa shape index (κ3) is 10.3. The van der Waals surface area contributed by atoms with Crippen LogP contribution in [0.2, 0.25) is 0 Å². The van der Waals surface area contributed by atoms with Gasteiger partial charge in [0.15, 0.2) is 15.8 Å². The molecule has 156 valence electrons. The standard InChI is InChI=1S/C19H33N3O3S.HI/c1-6-25-18(15(2)3)12-14-22-19(20-4)21-13-11-16-7-9-17(10-8-16)26(5,23)24;/h7-10,15,18H,6,11-14H2,1-5H3,(H2,20,21,22);1H. The summed E-state index contributed by atoms with van der Waals surface area (Å²) in [6.07, 6.45) is 3.19. The number of benzene rings is 1. The molecule has 1 atom stereocenters. The lowest BCUT2D eigenvalue weighted by Crippen LogP contribution is -2.40. The van der Waals surface area contributed by atoms with Gasteiger partial charge in [0.25, 0.3) is 0 Å². The van der Waals surface area contributed by atoms with E-state index >= 15 is 0 Å². The average Bonchev–Trinajstić information content (AvgIpc) is 2.59. The summed E-state index contributed by atoms with van der Waals surface area (Å²) in [4.78, 5) is 4.58. The minimum Gasteiger partial charge on any atom is -0.378 e. The quantitative estimate of drug-likeness (QED) is 0.287. The summed E-state index contributed by atoms with van der Waals surface area (Å²) in [6, 6.07) is 7.00. The lowest BCUT2D eigenvalue weighted by Gasteiger charge is -2.21. The van der Waals surface area contributed by atoms with Crippen LogP contribution in [0, 0.1) is 5.92 Å². The smallest absolute Gasteiger partial charge is 0.190 e. The van der Waals surface area contributed by atoms with Crippen LogP contribution in [0.3, 0.4) is 0 Å². The van der Waals surface area contributed by atoms with Crippen molar-refractivity contribution in [1.82, 2.24) is 10.6 Å². The van der Waals surface area contributed by atoms with E-state index in [-0.39, 0.29) is 30.1 Å². The zero-order valence-electron chi connectivity index (χ0n) is 17.0. The first-order valence-corrected chi connectivity index (χ1v) is 11.0. The molecule has 0 saturated carbocycles. The third-order valence-electron chi connectivity index (χ3n) is 4.13. The van der Waals surface area contributed by atoms with E-state index in [1.165, 1.54) is 6.26 Å². The Balaban J connectivity index is 0.00000676. The zero-order chi connectivity index (χ0) is 19.6. The van der Waals surface area contributed by atoms with Crippen LogP contribution < -0.4 is 10.6 Å². The third-order valence-corrected chi connectivity index (χ3v) is 5.26. The maximum Gasteiger partial charge on any atom is 0.190 e. The number of hydrogen-bond acceptors (Lipinski definition) is 4. The molecule has 2 N–H and O–H groups in total. The summed E-state index contributed by atoms with van der Waals surface area (Å²) < 4.78 is 28.7.